The molecule has 33 heavy (non-hydrogen) atoms. The SMILES string of the molecule is Cc1ccc(-c2nnc3n2CCCCC3)cc1NC(=O)[C@H](C)NS(=O)(=O)c1c(C)noc1C. The molecule has 10 nitrogen and oxygen atoms in total. The van der Waals surface area contributed by atoms with Crippen molar-refractivity contribution in [1.29, 1.82) is 0 Å². The van der Waals surface area contributed by atoms with Gasteiger partial charge in [0.05, 0.1) is 6.04 Å². The second-order valence-electron chi connectivity index (χ2n) is 8.42. The molecule has 0 spiro atoms. The topological polar surface area (TPSA) is 132 Å². The zero-order valence-electron chi connectivity index (χ0n) is 19.2. The van der Waals surface area contributed by atoms with Gasteiger partial charge in [-0.15, -0.1) is 10.2 Å². The minimum atomic E-state index is -3.97. The van der Waals surface area contributed by atoms with Crippen LogP contribution in [0.2, 0.25) is 0 Å². The number of carbonyl (C=O) groups excluding carboxylic acids is 1. The van der Waals surface area contributed by atoms with Crippen LogP contribution in [0.5, 0.6) is 0 Å². The zero-order valence-corrected chi connectivity index (χ0v) is 20.0. The normalized spacial score (nSPS) is 15.0. The summed E-state index contributed by atoms with van der Waals surface area (Å²) >= 11 is 0. The molecule has 1 atom stereocenters. The van der Waals surface area contributed by atoms with Crippen LogP contribution in [0.3, 0.4) is 0 Å². The Bertz CT molecular complexity index is 1270. The first-order chi connectivity index (χ1) is 15.7. The van der Waals surface area contributed by atoms with Gasteiger partial charge in [-0.05, 0) is 52.2 Å². The van der Waals surface area contributed by atoms with E-state index >= 15 is 0 Å². The minimum absolute atomic E-state index is 0.0483. The fraction of sp³-hybridized carbons (Fsp3) is 0.455. The van der Waals surface area contributed by atoms with Crippen molar-refractivity contribution in [2.45, 2.75) is 70.9 Å². The van der Waals surface area contributed by atoms with Gasteiger partial charge >= 0.3 is 0 Å². The van der Waals surface area contributed by atoms with Crippen LogP contribution in [-0.2, 0) is 27.8 Å². The van der Waals surface area contributed by atoms with E-state index in [0.717, 1.165) is 48.6 Å². The Balaban J connectivity index is 1.53. The molecular weight excluding hydrogens is 444 g/mol. The average Bonchev–Trinajstić information content (AvgIpc) is 3.23. The van der Waals surface area contributed by atoms with Crippen molar-refractivity contribution in [3.8, 4) is 11.4 Å². The van der Waals surface area contributed by atoms with Gasteiger partial charge < -0.3 is 14.4 Å². The molecule has 2 N–H and O–H groups in total. The van der Waals surface area contributed by atoms with Crippen LogP contribution in [0.25, 0.3) is 11.4 Å². The van der Waals surface area contributed by atoms with Crippen LogP contribution >= 0.6 is 0 Å². The summed E-state index contributed by atoms with van der Waals surface area (Å²) < 4.78 is 35.0. The number of amides is 1. The largest absolute Gasteiger partial charge is 0.360 e. The van der Waals surface area contributed by atoms with Gasteiger partial charge in [-0.25, -0.2) is 8.42 Å². The molecular formula is C22H28N6O4S. The first-order valence-corrected chi connectivity index (χ1v) is 12.4. The fourth-order valence-electron chi connectivity index (χ4n) is 4.04. The third-order valence-corrected chi connectivity index (χ3v) is 7.61. The molecule has 176 valence electrons. The quantitative estimate of drug-likeness (QED) is 0.564. The molecule has 0 saturated carbocycles. The summed E-state index contributed by atoms with van der Waals surface area (Å²) in [6.45, 7) is 7.29. The number of rotatable bonds is 6. The number of aromatic nitrogens is 4. The van der Waals surface area contributed by atoms with Crippen LogP contribution in [0.4, 0.5) is 5.69 Å². The van der Waals surface area contributed by atoms with Crippen LogP contribution in [0.1, 0.15) is 49.0 Å². The molecule has 2 aromatic heterocycles. The molecule has 0 unspecified atom stereocenters. The maximum absolute atomic E-state index is 12.8. The minimum Gasteiger partial charge on any atom is -0.360 e. The molecule has 0 saturated heterocycles. The van der Waals surface area contributed by atoms with Gasteiger partial charge in [-0.1, -0.05) is 23.7 Å². The lowest BCUT2D eigenvalue weighted by Crippen LogP contribution is -2.41. The highest BCUT2D eigenvalue weighted by Crippen LogP contribution is 2.27. The second kappa shape index (κ2) is 9.06. The van der Waals surface area contributed by atoms with Crippen molar-refractivity contribution in [3.63, 3.8) is 0 Å². The number of sulfonamides is 1. The van der Waals surface area contributed by atoms with Crippen LogP contribution in [0.15, 0.2) is 27.6 Å². The van der Waals surface area contributed by atoms with Crippen LogP contribution in [-0.4, -0.2) is 40.3 Å². The number of hydrogen-bond acceptors (Lipinski definition) is 7. The molecule has 0 fully saturated rings. The molecule has 3 heterocycles. The van der Waals surface area contributed by atoms with Crippen LogP contribution < -0.4 is 10.0 Å². The fourth-order valence-corrected chi connectivity index (χ4v) is 5.57. The van der Waals surface area contributed by atoms with Crippen LogP contribution in [0, 0.1) is 20.8 Å². The smallest absolute Gasteiger partial charge is 0.246 e. The number of fused-ring (bicyclic) bond motifs is 1. The number of aryl methyl sites for hydroxylation is 4. The first kappa shape index (κ1) is 23.1. The summed E-state index contributed by atoms with van der Waals surface area (Å²) in [5.41, 5.74) is 2.53. The molecule has 1 amide bonds. The highest BCUT2D eigenvalue weighted by Gasteiger charge is 2.28. The highest BCUT2D eigenvalue weighted by molar-refractivity contribution is 7.89. The van der Waals surface area contributed by atoms with E-state index in [1.807, 2.05) is 25.1 Å². The van der Waals surface area contributed by atoms with E-state index in [9.17, 15) is 13.2 Å². The predicted octanol–water partition coefficient (Wildman–Crippen LogP) is 2.89. The summed E-state index contributed by atoms with van der Waals surface area (Å²) in [6, 6.07) is 4.69. The molecule has 0 bridgehead atoms. The molecule has 1 aromatic carbocycles. The number of hydrogen-bond donors (Lipinski definition) is 2. The maximum Gasteiger partial charge on any atom is 0.246 e. The molecule has 1 aliphatic heterocycles. The molecule has 4 rings (SSSR count). The standard InChI is InChI=1S/C22H28N6O4S/c1-13-9-10-17(21-25-24-19-8-6-5-7-11-28(19)21)12-18(13)23-22(29)15(3)27-33(30,31)20-14(2)26-32-16(20)4/h9-10,12,15,27H,5-8,11H2,1-4H3,(H,23,29)/t15-/m0/s1. The third-order valence-electron chi connectivity index (χ3n) is 5.82. The third kappa shape index (κ3) is 4.69. The number of benzene rings is 1. The van der Waals surface area contributed by atoms with E-state index < -0.39 is 22.0 Å². The summed E-state index contributed by atoms with van der Waals surface area (Å²) in [4.78, 5) is 12.8. The maximum atomic E-state index is 12.8. The van der Waals surface area contributed by atoms with Crippen molar-refractivity contribution in [2.75, 3.05) is 5.32 Å². The zero-order chi connectivity index (χ0) is 23.8. The van der Waals surface area contributed by atoms with E-state index in [-0.39, 0.29) is 16.3 Å². The van der Waals surface area contributed by atoms with E-state index in [4.69, 9.17) is 4.52 Å². The van der Waals surface area contributed by atoms with Crippen molar-refractivity contribution >= 4 is 21.6 Å². The Morgan fingerprint density at radius 1 is 1.15 bits per heavy atom. The molecule has 11 heteroatoms. The number of anilines is 1. The summed E-state index contributed by atoms with van der Waals surface area (Å²) in [5, 5.41) is 15.2. The number of carbonyl (C=O) groups is 1. The molecule has 0 aliphatic carbocycles. The Labute approximate surface area is 192 Å². The lowest BCUT2D eigenvalue weighted by molar-refractivity contribution is -0.117. The molecule has 1 aliphatic rings. The number of nitrogens with zero attached hydrogens (tertiary/aromatic N) is 4. The van der Waals surface area contributed by atoms with E-state index in [1.54, 1.807) is 0 Å². The van der Waals surface area contributed by atoms with Gasteiger partial charge in [0, 0.05) is 24.2 Å². The Hall–Kier alpha value is -3.05. The van der Waals surface area contributed by atoms with Gasteiger partial charge in [0.1, 0.15) is 16.4 Å². The van der Waals surface area contributed by atoms with Gasteiger partial charge in [-0.2, -0.15) is 4.72 Å². The van der Waals surface area contributed by atoms with E-state index in [2.05, 4.69) is 30.0 Å². The summed E-state index contributed by atoms with van der Waals surface area (Å²) in [7, 11) is -3.97. The van der Waals surface area contributed by atoms with Crippen molar-refractivity contribution in [3.05, 3.63) is 41.0 Å². The highest BCUT2D eigenvalue weighted by atomic mass is 32.2. The van der Waals surface area contributed by atoms with Gasteiger partial charge in [0.15, 0.2) is 11.6 Å². The molecule has 3 aromatic rings. The van der Waals surface area contributed by atoms with Gasteiger partial charge in [0.2, 0.25) is 15.9 Å². The Morgan fingerprint density at radius 2 is 1.94 bits per heavy atom. The number of nitrogens with one attached hydrogen (secondary N) is 2. The van der Waals surface area contributed by atoms with Gasteiger partial charge in [-0.3, -0.25) is 4.79 Å². The Morgan fingerprint density at radius 3 is 2.67 bits per heavy atom. The summed E-state index contributed by atoms with van der Waals surface area (Å²) in [5.74, 6) is 1.44. The predicted molar refractivity (Wildman–Crippen MR) is 122 cm³/mol. The van der Waals surface area contributed by atoms with Gasteiger partial charge in [0.25, 0.3) is 0 Å². The van der Waals surface area contributed by atoms with E-state index in [0.29, 0.717) is 5.69 Å². The second-order valence-corrected chi connectivity index (χ2v) is 10.1. The van der Waals surface area contributed by atoms with Crippen molar-refractivity contribution < 1.29 is 17.7 Å². The van der Waals surface area contributed by atoms with Crippen molar-refractivity contribution in [2.24, 2.45) is 0 Å². The first-order valence-electron chi connectivity index (χ1n) is 11.0. The molecule has 0 radical (unpaired) electrons. The Kier molecular flexibility index (Phi) is 6.35. The monoisotopic (exact) mass is 472 g/mol. The summed E-state index contributed by atoms with van der Waals surface area (Å²) in [6.07, 6.45) is 4.26. The lowest BCUT2D eigenvalue weighted by Gasteiger charge is -2.16. The lowest BCUT2D eigenvalue weighted by atomic mass is 10.1. The van der Waals surface area contributed by atoms with Crippen molar-refractivity contribution in [1.82, 2.24) is 24.6 Å². The van der Waals surface area contributed by atoms with E-state index in [1.165, 1.54) is 27.2 Å². The average molecular weight is 473 g/mol.